The number of piperazine rings is 1. The number of rotatable bonds is 7. The van der Waals surface area contributed by atoms with Crippen LogP contribution >= 0.6 is 0 Å². The van der Waals surface area contributed by atoms with E-state index in [1.165, 1.54) is 5.56 Å². The molecule has 2 aromatic heterocycles. The monoisotopic (exact) mass is 529 g/mol. The highest BCUT2D eigenvalue weighted by atomic mass is 16.5. The molecule has 2 aliphatic rings. The molecule has 4 heterocycles. The van der Waals surface area contributed by atoms with Gasteiger partial charge in [-0.2, -0.15) is 0 Å². The van der Waals surface area contributed by atoms with Crippen LogP contribution in [0.5, 0.6) is 5.75 Å². The molecule has 0 saturated carbocycles. The molecule has 0 amide bonds. The number of para-hydroxylation sites is 2. The molecule has 6 rings (SSSR count). The number of tetrazole rings is 1. The molecular weight excluding hydrogens is 494 g/mol. The molecule has 2 aliphatic heterocycles. The molecule has 0 radical (unpaired) electrons. The van der Waals surface area contributed by atoms with Crippen molar-refractivity contribution in [3.05, 3.63) is 75.3 Å². The first-order valence-electron chi connectivity index (χ1n) is 13.7. The molecule has 2 fully saturated rings. The zero-order valence-electron chi connectivity index (χ0n) is 22.8. The third kappa shape index (κ3) is 5.02. The lowest BCUT2D eigenvalue weighted by Crippen LogP contribution is -2.49. The van der Waals surface area contributed by atoms with E-state index in [-0.39, 0.29) is 11.7 Å². The SMILES string of the molecule is COc1ccccc1N1CCN([C@H](c2cc3cc(C)c(C)cc3[nH]c2=O)c2nnnn2C[C@H]2CCCO2)CC1. The number of H-pyrrole nitrogens is 1. The Morgan fingerprint density at radius 2 is 1.90 bits per heavy atom. The zero-order chi connectivity index (χ0) is 26.9. The summed E-state index contributed by atoms with van der Waals surface area (Å²) in [6.45, 7) is 8.53. The van der Waals surface area contributed by atoms with Gasteiger partial charge in [-0.05, 0) is 84.0 Å². The highest BCUT2D eigenvalue weighted by Crippen LogP contribution is 2.32. The molecule has 2 atom stereocenters. The van der Waals surface area contributed by atoms with Crippen molar-refractivity contribution in [2.45, 2.75) is 45.4 Å². The second-order valence-electron chi connectivity index (χ2n) is 10.5. The van der Waals surface area contributed by atoms with Gasteiger partial charge >= 0.3 is 0 Å². The Morgan fingerprint density at radius 1 is 1.10 bits per heavy atom. The standard InChI is InChI=1S/C29H35N7O3/c1-19-15-21-17-23(29(37)30-24(21)16-20(19)2)27(28-31-32-33-36(28)18-22-7-6-14-39-22)35-12-10-34(11-13-35)25-8-4-5-9-26(25)38-3/h4-5,8-9,15-17,22,27H,6-7,10-14,18H2,1-3H3,(H,30,37)/t22-,27-/m1/s1. The van der Waals surface area contributed by atoms with Crippen molar-refractivity contribution in [3.63, 3.8) is 0 Å². The second-order valence-corrected chi connectivity index (χ2v) is 10.5. The molecule has 0 bridgehead atoms. The number of aromatic amines is 1. The van der Waals surface area contributed by atoms with Crippen molar-refractivity contribution in [1.29, 1.82) is 0 Å². The van der Waals surface area contributed by atoms with Crippen LogP contribution in [0.15, 0.2) is 47.3 Å². The molecule has 0 unspecified atom stereocenters. The number of methoxy groups -OCH3 is 1. The van der Waals surface area contributed by atoms with E-state index >= 15 is 0 Å². The number of anilines is 1. The predicted molar refractivity (Wildman–Crippen MR) is 149 cm³/mol. The fourth-order valence-electron chi connectivity index (χ4n) is 5.83. The third-order valence-electron chi connectivity index (χ3n) is 8.09. The number of nitrogens with one attached hydrogen (secondary N) is 1. The number of aromatic nitrogens is 5. The van der Waals surface area contributed by atoms with Crippen LogP contribution in [0.25, 0.3) is 10.9 Å². The molecule has 0 spiro atoms. The molecule has 10 nitrogen and oxygen atoms in total. The van der Waals surface area contributed by atoms with Crippen molar-refractivity contribution in [1.82, 2.24) is 30.1 Å². The lowest BCUT2D eigenvalue weighted by molar-refractivity contribution is 0.0906. The topological polar surface area (TPSA) is 101 Å². The molecule has 204 valence electrons. The number of hydrogen-bond acceptors (Lipinski definition) is 8. The van der Waals surface area contributed by atoms with Gasteiger partial charge in [-0.15, -0.1) is 5.10 Å². The Bertz CT molecular complexity index is 1520. The number of aryl methyl sites for hydroxylation is 2. The smallest absolute Gasteiger partial charge is 0.253 e. The molecular formula is C29H35N7O3. The molecule has 10 heteroatoms. The number of pyridine rings is 1. The first-order valence-corrected chi connectivity index (χ1v) is 13.7. The Labute approximate surface area is 227 Å². The maximum Gasteiger partial charge on any atom is 0.253 e. The van der Waals surface area contributed by atoms with Crippen LogP contribution in [0.3, 0.4) is 0 Å². The minimum absolute atomic E-state index is 0.0794. The van der Waals surface area contributed by atoms with Crippen LogP contribution in [-0.4, -0.2) is 76.1 Å². The van der Waals surface area contributed by atoms with Gasteiger partial charge in [-0.1, -0.05) is 12.1 Å². The summed E-state index contributed by atoms with van der Waals surface area (Å²) < 4.78 is 13.3. The van der Waals surface area contributed by atoms with Crippen LogP contribution in [0.4, 0.5) is 5.69 Å². The fraction of sp³-hybridized carbons (Fsp3) is 0.448. The average molecular weight is 530 g/mol. The van der Waals surface area contributed by atoms with Gasteiger partial charge in [0.1, 0.15) is 11.8 Å². The van der Waals surface area contributed by atoms with Crippen LogP contribution in [-0.2, 0) is 11.3 Å². The van der Waals surface area contributed by atoms with Crippen molar-refractivity contribution in [2.75, 3.05) is 44.8 Å². The van der Waals surface area contributed by atoms with E-state index in [0.717, 1.165) is 73.5 Å². The first-order chi connectivity index (χ1) is 19.0. The van der Waals surface area contributed by atoms with Crippen LogP contribution in [0, 0.1) is 13.8 Å². The van der Waals surface area contributed by atoms with Gasteiger partial charge in [0.15, 0.2) is 5.82 Å². The minimum Gasteiger partial charge on any atom is -0.495 e. The van der Waals surface area contributed by atoms with E-state index in [4.69, 9.17) is 9.47 Å². The second kappa shape index (κ2) is 10.8. The van der Waals surface area contributed by atoms with E-state index in [2.05, 4.69) is 56.3 Å². The summed E-state index contributed by atoms with van der Waals surface area (Å²) >= 11 is 0. The molecule has 2 saturated heterocycles. The third-order valence-corrected chi connectivity index (χ3v) is 8.09. The summed E-state index contributed by atoms with van der Waals surface area (Å²) in [4.78, 5) is 21.4. The number of hydrogen-bond donors (Lipinski definition) is 1. The molecule has 0 aliphatic carbocycles. The highest BCUT2D eigenvalue weighted by Gasteiger charge is 2.34. The highest BCUT2D eigenvalue weighted by molar-refractivity contribution is 5.81. The molecule has 4 aromatic rings. The van der Waals surface area contributed by atoms with Gasteiger partial charge in [0.2, 0.25) is 0 Å². The van der Waals surface area contributed by atoms with Gasteiger partial charge in [-0.25, -0.2) is 4.68 Å². The largest absolute Gasteiger partial charge is 0.495 e. The number of nitrogens with zero attached hydrogens (tertiary/aromatic N) is 6. The number of benzene rings is 2. The summed E-state index contributed by atoms with van der Waals surface area (Å²) in [5.41, 5.74) is 4.79. The normalized spacial score (nSPS) is 19.1. The van der Waals surface area contributed by atoms with E-state index in [9.17, 15) is 4.79 Å². The van der Waals surface area contributed by atoms with Gasteiger partial charge in [0.25, 0.3) is 5.56 Å². The summed E-state index contributed by atoms with van der Waals surface area (Å²) in [5.74, 6) is 1.53. The van der Waals surface area contributed by atoms with E-state index < -0.39 is 6.04 Å². The number of fused-ring (bicyclic) bond motifs is 1. The van der Waals surface area contributed by atoms with Crippen LogP contribution in [0.2, 0.25) is 0 Å². The number of ether oxygens (including phenoxy) is 2. The lowest BCUT2D eigenvalue weighted by atomic mass is 10.00. The van der Waals surface area contributed by atoms with Crippen LogP contribution in [0.1, 0.15) is 41.4 Å². The van der Waals surface area contributed by atoms with Crippen molar-refractivity contribution >= 4 is 16.6 Å². The summed E-state index contributed by atoms with van der Waals surface area (Å²) in [7, 11) is 1.70. The quantitative estimate of drug-likeness (QED) is 0.390. The maximum atomic E-state index is 13.6. The first kappa shape index (κ1) is 25.5. The Kier molecular flexibility index (Phi) is 7.05. The van der Waals surface area contributed by atoms with Crippen LogP contribution < -0.4 is 15.2 Å². The van der Waals surface area contributed by atoms with Gasteiger partial charge < -0.3 is 19.4 Å². The summed E-state index contributed by atoms with van der Waals surface area (Å²) in [5, 5.41) is 13.9. The average Bonchev–Trinajstić information content (AvgIpc) is 3.63. The van der Waals surface area contributed by atoms with E-state index in [1.54, 1.807) is 7.11 Å². The van der Waals surface area contributed by atoms with Gasteiger partial charge in [0, 0.05) is 43.9 Å². The fourth-order valence-corrected chi connectivity index (χ4v) is 5.83. The predicted octanol–water partition coefficient (Wildman–Crippen LogP) is 3.23. The molecule has 1 N–H and O–H groups in total. The van der Waals surface area contributed by atoms with E-state index in [1.807, 2.05) is 35.0 Å². The van der Waals surface area contributed by atoms with Gasteiger partial charge in [-0.3, -0.25) is 9.69 Å². The van der Waals surface area contributed by atoms with E-state index in [0.29, 0.717) is 17.9 Å². The van der Waals surface area contributed by atoms with Crippen molar-refractivity contribution in [2.24, 2.45) is 0 Å². The van der Waals surface area contributed by atoms with Gasteiger partial charge in [0.05, 0.1) is 25.4 Å². The molecule has 2 aromatic carbocycles. The lowest BCUT2D eigenvalue weighted by Gasteiger charge is -2.40. The summed E-state index contributed by atoms with van der Waals surface area (Å²) in [6, 6.07) is 13.9. The summed E-state index contributed by atoms with van der Waals surface area (Å²) in [6.07, 6.45) is 2.10. The Hall–Kier alpha value is -3.76. The molecule has 39 heavy (non-hydrogen) atoms. The Morgan fingerprint density at radius 3 is 2.67 bits per heavy atom. The Balaban J connectivity index is 1.37. The zero-order valence-corrected chi connectivity index (χ0v) is 22.8. The van der Waals surface area contributed by atoms with Crippen molar-refractivity contribution < 1.29 is 9.47 Å². The minimum atomic E-state index is -0.393. The van der Waals surface area contributed by atoms with Crippen molar-refractivity contribution in [3.8, 4) is 5.75 Å². The maximum absolute atomic E-state index is 13.6.